The van der Waals surface area contributed by atoms with Crippen molar-refractivity contribution in [3.8, 4) is 0 Å². The Kier molecular flexibility index (Phi) is 3.64. The topological polar surface area (TPSA) is 17.1 Å². The molecule has 0 aliphatic heterocycles. The largest absolute Gasteiger partial charge is 0.0616 e. The van der Waals surface area contributed by atoms with Gasteiger partial charge in [0.05, 0.1) is 0 Å². The first-order chi connectivity index (χ1) is 15.9. The summed E-state index contributed by atoms with van der Waals surface area (Å²) >= 11 is 2.00. The van der Waals surface area contributed by atoms with Crippen molar-refractivity contribution < 1.29 is 19.8 Å². The van der Waals surface area contributed by atoms with Crippen LogP contribution in [0.25, 0.3) is 75.4 Å². The second kappa shape index (κ2) is 6.46. The van der Waals surface area contributed by atoms with Crippen molar-refractivity contribution in [1.29, 1.82) is 0 Å². The van der Waals surface area contributed by atoms with Gasteiger partial charge in [-0.1, -0.05) is 72.8 Å². The maximum atomic E-state index is 8.00. The molecular formula is C30H16FeO. The van der Waals surface area contributed by atoms with E-state index in [1.54, 1.807) is 0 Å². The Bertz CT molecular complexity index is 1820. The Morgan fingerprint density at radius 2 is 0.719 bits per heavy atom. The second-order valence-electron chi connectivity index (χ2n) is 8.57. The summed E-state index contributed by atoms with van der Waals surface area (Å²) in [5, 5.41) is 19.0. The molecule has 8 rings (SSSR count). The first-order valence-corrected chi connectivity index (χ1v) is 11.1. The zero-order valence-corrected chi connectivity index (χ0v) is 18.1. The molecule has 2 heteroatoms. The van der Waals surface area contributed by atoms with Crippen LogP contribution in [0.4, 0.5) is 0 Å². The van der Waals surface area contributed by atoms with Crippen molar-refractivity contribution >= 4 is 75.4 Å². The van der Waals surface area contributed by atoms with E-state index in [2.05, 4.69) is 97.1 Å². The van der Waals surface area contributed by atoms with Crippen molar-refractivity contribution in [3.63, 3.8) is 0 Å². The summed E-state index contributed by atoms with van der Waals surface area (Å²) in [5.74, 6) is 0. The third kappa shape index (κ3) is 2.18. The fourth-order valence-electron chi connectivity index (χ4n) is 5.82. The molecule has 0 bridgehead atoms. The van der Waals surface area contributed by atoms with Gasteiger partial charge in [-0.15, -0.1) is 0 Å². The molecular weight excluding hydrogens is 432 g/mol. The van der Waals surface area contributed by atoms with E-state index in [0.717, 1.165) is 0 Å². The monoisotopic (exact) mass is 448 g/mol. The van der Waals surface area contributed by atoms with Crippen molar-refractivity contribution in [2.24, 2.45) is 0 Å². The molecule has 8 aromatic carbocycles. The fraction of sp³-hybridized carbons (Fsp3) is 0. The molecule has 0 fully saturated rings. The van der Waals surface area contributed by atoms with Crippen LogP contribution in [0.2, 0.25) is 0 Å². The molecule has 0 aliphatic rings. The molecule has 0 aliphatic carbocycles. The summed E-state index contributed by atoms with van der Waals surface area (Å²) in [4.78, 5) is 0. The van der Waals surface area contributed by atoms with Gasteiger partial charge in [0.25, 0.3) is 0 Å². The molecule has 0 saturated carbocycles. The van der Waals surface area contributed by atoms with Gasteiger partial charge in [-0.25, -0.2) is 0 Å². The standard InChI is InChI=1S/C30H16.Fe.O/c1-3-7-23-17(5-1)13-19-9-11-22-16-26-24-8-4-2-6-18(24)14-20-10-12-21-15-25(23)27(19)29(22)30(21)28(20)26;;/h1-16H;;. The molecule has 0 heterocycles. The van der Waals surface area contributed by atoms with Crippen molar-refractivity contribution in [2.75, 3.05) is 0 Å². The number of benzene rings is 8. The van der Waals surface area contributed by atoms with Crippen LogP contribution in [0.5, 0.6) is 0 Å². The average Bonchev–Trinajstić information content (AvgIpc) is 2.86. The predicted octanol–water partition coefficient (Wildman–Crippen LogP) is 8.51. The van der Waals surface area contributed by atoms with E-state index in [-0.39, 0.29) is 0 Å². The van der Waals surface area contributed by atoms with Gasteiger partial charge in [0, 0.05) is 0 Å². The summed E-state index contributed by atoms with van der Waals surface area (Å²) in [6.07, 6.45) is 0. The van der Waals surface area contributed by atoms with Crippen LogP contribution >= 0.6 is 0 Å². The van der Waals surface area contributed by atoms with Crippen molar-refractivity contribution in [3.05, 3.63) is 97.1 Å². The van der Waals surface area contributed by atoms with Gasteiger partial charge in [-0.2, -0.15) is 0 Å². The molecule has 0 atom stereocenters. The van der Waals surface area contributed by atoms with Crippen LogP contribution in [0.15, 0.2) is 97.1 Å². The molecule has 0 saturated heterocycles. The van der Waals surface area contributed by atoms with Gasteiger partial charge in [0.15, 0.2) is 0 Å². The molecule has 0 unspecified atom stereocenters. The molecule has 8 aromatic rings. The third-order valence-corrected chi connectivity index (χ3v) is 7.05. The van der Waals surface area contributed by atoms with Crippen LogP contribution < -0.4 is 0 Å². The average molecular weight is 448 g/mol. The zero-order valence-electron chi connectivity index (χ0n) is 17.0. The zero-order chi connectivity index (χ0) is 21.4. The van der Waals surface area contributed by atoms with Crippen LogP contribution in [0.3, 0.4) is 0 Å². The Morgan fingerprint density at radius 3 is 1.16 bits per heavy atom. The quantitative estimate of drug-likeness (QED) is 0.129. The van der Waals surface area contributed by atoms with Crippen LogP contribution in [0.1, 0.15) is 0 Å². The SMILES string of the molecule is [O]=[Fe].c1ccc2c(c1)cc1ccc3cc4c5ccccc5cc5ccc6cc2c1c3c6c54. The minimum atomic E-state index is 1.31. The number of hydrogen-bond acceptors (Lipinski definition) is 1. The summed E-state index contributed by atoms with van der Waals surface area (Å²) < 4.78 is 8.00. The molecule has 0 radical (unpaired) electrons. The van der Waals surface area contributed by atoms with Gasteiger partial charge in [-0.3, -0.25) is 0 Å². The first kappa shape index (κ1) is 18.0. The summed E-state index contributed by atoms with van der Waals surface area (Å²) in [5.41, 5.74) is 0. The second-order valence-corrected chi connectivity index (χ2v) is 8.57. The molecule has 0 N–H and O–H groups in total. The maximum Gasteiger partial charge on any atom is -0.00139 e. The Morgan fingerprint density at radius 1 is 0.344 bits per heavy atom. The Labute approximate surface area is 191 Å². The van der Waals surface area contributed by atoms with Gasteiger partial charge in [-0.05, 0) is 99.7 Å². The summed E-state index contributed by atoms with van der Waals surface area (Å²) in [6.45, 7) is 0. The Hall–Kier alpha value is -3.58. The normalized spacial score (nSPS) is 12.0. The minimum absolute atomic E-state index is 1.31. The van der Waals surface area contributed by atoms with Crippen molar-refractivity contribution in [1.82, 2.24) is 0 Å². The van der Waals surface area contributed by atoms with Crippen molar-refractivity contribution in [2.45, 2.75) is 0 Å². The van der Waals surface area contributed by atoms with E-state index in [0.29, 0.717) is 0 Å². The van der Waals surface area contributed by atoms with Crippen LogP contribution in [0, 0.1) is 0 Å². The molecule has 0 amide bonds. The van der Waals surface area contributed by atoms with E-state index >= 15 is 0 Å². The first-order valence-electron chi connectivity index (χ1n) is 10.7. The molecule has 0 spiro atoms. The van der Waals surface area contributed by atoms with Crippen LogP contribution in [-0.2, 0) is 19.8 Å². The predicted molar refractivity (Wildman–Crippen MR) is 132 cm³/mol. The molecule has 150 valence electrons. The number of rotatable bonds is 0. The number of hydrogen-bond donors (Lipinski definition) is 0. The fourth-order valence-corrected chi connectivity index (χ4v) is 5.82. The van der Waals surface area contributed by atoms with E-state index in [4.69, 9.17) is 3.83 Å². The molecule has 32 heavy (non-hydrogen) atoms. The van der Waals surface area contributed by atoms with Gasteiger partial charge < -0.3 is 0 Å². The van der Waals surface area contributed by atoms with E-state index in [1.807, 2.05) is 15.9 Å². The van der Waals surface area contributed by atoms with Gasteiger partial charge in [0.2, 0.25) is 0 Å². The Balaban J connectivity index is 0.000000880. The van der Waals surface area contributed by atoms with Crippen LogP contribution in [-0.4, -0.2) is 0 Å². The molecule has 0 aromatic heterocycles. The smallest absolute Gasteiger partial charge is 0.00139 e. The number of fused-ring (bicyclic) bond motifs is 4. The maximum absolute atomic E-state index is 8.00. The minimum Gasteiger partial charge on any atom is -0.0616 e. The summed E-state index contributed by atoms with van der Waals surface area (Å²) in [7, 11) is 0. The van der Waals surface area contributed by atoms with E-state index < -0.39 is 0 Å². The van der Waals surface area contributed by atoms with Gasteiger partial charge in [0.1, 0.15) is 0 Å². The third-order valence-electron chi connectivity index (χ3n) is 7.05. The summed E-state index contributed by atoms with van der Waals surface area (Å²) in [6, 6.07) is 36.3. The van der Waals surface area contributed by atoms with Gasteiger partial charge >= 0.3 is 19.8 Å². The van der Waals surface area contributed by atoms with E-state index in [9.17, 15) is 0 Å². The van der Waals surface area contributed by atoms with E-state index in [1.165, 1.54) is 75.4 Å². The molecule has 1 nitrogen and oxygen atoms in total.